The summed E-state index contributed by atoms with van der Waals surface area (Å²) in [5, 5.41) is 2.79. The summed E-state index contributed by atoms with van der Waals surface area (Å²) in [6.45, 7) is 40.2. The third-order valence-corrected chi connectivity index (χ3v) is 19.2. The summed E-state index contributed by atoms with van der Waals surface area (Å²) in [6, 6.07) is 0. The van der Waals surface area contributed by atoms with E-state index in [0.717, 1.165) is 18.2 Å². The molecule has 13 nitrogen and oxygen atoms in total. The van der Waals surface area contributed by atoms with Gasteiger partial charge in [0.1, 0.15) is 0 Å². The first kappa shape index (κ1) is 57.0. The first-order valence-corrected chi connectivity index (χ1v) is 27.4. The summed E-state index contributed by atoms with van der Waals surface area (Å²) in [5.74, 6) is 4.63. The minimum absolute atomic E-state index is 0.0675. The maximum absolute atomic E-state index is 12.0. The third-order valence-electron chi connectivity index (χ3n) is 18.4. The quantitative estimate of drug-likeness (QED) is 0.116. The Balaban J connectivity index is 1.11. The maximum atomic E-state index is 12.0. The molecular weight excluding hydrogens is 875 g/mol. The van der Waals surface area contributed by atoms with Gasteiger partial charge in [-0.05, 0) is 72.0 Å². The minimum atomic E-state index is -0.407. The number of ether oxygens (including phenoxy) is 10. The molecule has 67 heavy (non-hydrogen) atoms. The van der Waals surface area contributed by atoms with Gasteiger partial charge in [0.15, 0.2) is 36.6 Å². The second-order valence-corrected chi connectivity index (χ2v) is 23.3. The van der Waals surface area contributed by atoms with E-state index in [1.807, 2.05) is 0 Å². The molecule has 0 aromatic carbocycles. The lowest BCUT2D eigenvalue weighted by Gasteiger charge is -2.47. The summed E-state index contributed by atoms with van der Waals surface area (Å²) >= 11 is 1.01. The van der Waals surface area contributed by atoms with E-state index in [1.54, 1.807) is 0 Å². The summed E-state index contributed by atoms with van der Waals surface area (Å²) in [4.78, 5) is 23.2. The van der Waals surface area contributed by atoms with Crippen LogP contribution in [0.15, 0.2) is 0 Å². The molecule has 25 atom stereocenters. The fraction of sp³-hybridized carbons (Fsp3) is 0.962. The highest BCUT2D eigenvalue weighted by atomic mass is 32.2. The van der Waals surface area contributed by atoms with Crippen LogP contribution in [0.4, 0.5) is 0 Å². The third kappa shape index (κ3) is 14.4. The fourth-order valence-electron chi connectivity index (χ4n) is 11.1. The van der Waals surface area contributed by atoms with Gasteiger partial charge in [-0.25, -0.2) is 0 Å². The topological polar surface area (TPSA) is 138 Å². The number of nitrogens with one attached hydrogen (secondary N) is 1. The number of carbonyl (C=O) groups excluding carboxylic acids is 2. The maximum Gasteiger partial charge on any atom is 0.230 e. The lowest BCUT2D eigenvalue weighted by atomic mass is 9.78. The van der Waals surface area contributed by atoms with E-state index < -0.39 is 12.6 Å². The SMILES string of the molecule is CCC1O[C@@H](OCC2O[C@@H](OCC3O[C@@H](OCC4O[C@@H](OCC5O[C@@H](OCCCNC(=O)CSC(C)=O)C(C)[C@@H](C)[C@@H]5C)C(C)[C@@H](C)[C@@H]4C)C(C)[C@@H](C)[C@@H]3C)C(C)[C@@H](C)[C@@H]2C)C(C)[C@@H](C)[C@@H]1C. The van der Waals surface area contributed by atoms with Gasteiger partial charge in [0, 0.05) is 43.1 Å². The molecule has 14 heteroatoms. The monoisotopic (exact) mass is 970 g/mol. The molecule has 390 valence electrons. The lowest BCUT2D eigenvalue weighted by Crippen LogP contribution is -2.53. The number of rotatable bonds is 20. The second kappa shape index (κ2) is 26.2. The van der Waals surface area contributed by atoms with Crippen molar-refractivity contribution < 1.29 is 57.0 Å². The van der Waals surface area contributed by atoms with Crippen LogP contribution in [-0.4, -0.2) is 118 Å². The molecule has 10 unspecified atom stereocenters. The molecule has 0 radical (unpaired) electrons. The second-order valence-electron chi connectivity index (χ2n) is 22.2. The highest BCUT2D eigenvalue weighted by Crippen LogP contribution is 2.43. The Labute approximate surface area is 410 Å². The summed E-state index contributed by atoms with van der Waals surface area (Å²) in [7, 11) is 0. The smallest absolute Gasteiger partial charge is 0.230 e. The van der Waals surface area contributed by atoms with Gasteiger partial charge < -0.3 is 52.7 Å². The Bertz CT molecular complexity index is 1510. The van der Waals surface area contributed by atoms with Gasteiger partial charge in [0.2, 0.25) is 5.91 Å². The van der Waals surface area contributed by atoms with Crippen molar-refractivity contribution in [2.24, 2.45) is 88.8 Å². The molecule has 0 aromatic rings. The molecule has 0 aliphatic carbocycles. The van der Waals surface area contributed by atoms with Gasteiger partial charge in [0.05, 0.1) is 69.3 Å². The molecular formula is C53H95NO12S. The molecule has 1 amide bonds. The van der Waals surface area contributed by atoms with Crippen LogP contribution in [0.5, 0.6) is 0 Å². The van der Waals surface area contributed by atoms with Crippen LogP contribution in [-0.2, 0) is 57.0 Å². The van der Waals surface area contributed by atoms with Crippen LogP contribution in [0.3, 0.4) is 0 Å². The van der Waals surface area contributed by atoms with E-state index >= 15 is 0 Å². The van der Waals surface area contributed by atoms with Gasteiger partial charge in [0.25, 0.3) is 0 Å². The van der Waals surface area contributed by atoms with Crippen LogP contribution in [0.2, 0.25) is 0 Å². The lowest BCUT2D eigenvalue weighted by molar-refractivity contribution is -0.315. The van der Waals surface area contributed by atoms with Gasteiger partial charge in [-0.3, -0.25) is 9.59 Å². The van der Waals surface area contributed by atoms with Gasteiger partial charge in [-0.2, -0.15) is 0 Å². The molecule has 5 rings (SSSR count). The van der Waals surface area contributed by atoms with Crippen molar-refractivity contribution >= 4 is 22.8 Å². The summed E-state index contributed by atoms with van der Waals surface area (Å²) < 4.78 is 66.2. The molecule has 5 saturated heterocycles. The molecule has 0 aromatic heterocycles. The predicted molar refractivity (Wildman–Crippen MR) is 262 cm³/mol. The van der Waals surface area contributed by atoms with E-state index in [-0.39, 0.29) is 108 Å². The Morgan fingerprint density at radius 1 is 0.418 bits per heavy atom. The van der Waals surface area contributed by atoms with Crippen LogP contribution in [0.1, 0.15) is 131 Å². The summed E-state index contributed by atoms with van der Waals surface area (Å²) in [6.07, 6.45) is -0.509. The highest BCUT2D eigenvalue weighted by Gasteiger charge is 2.47. The first-order valence-electron chi connectivity index (χ1n) is 26.4. The number of carbonyl (C=O) groups is 2. The normalized spacial score (nSPS) is 46.3. The van der Waals surface area contributed by atoms with Crippen LogP contribution in [0, 0.1) is 88.8 Å². The predicted octanol–water partition coefficient (Wildman–Crippen LogP) is 9.43. The molecule has 1 N–H and O–H groups in total. The minimum Gasteiger partial charge on any atom is -0.355 e. The van der Waals surface area contributed by atoms with Crippen molar-refractivity contribution in [3.05, 3.63) is 0 Å². The molecule has 0 spiro atoms. The van der Waals surface area contributed by atoms with E-state index in [9.17, 15) is 9.59 Å². The average Bonchev–Trinajstić information content (AvgIpc) is 3.30. The van der Waals surface area contributed by atoms with E-state index in [1.165, 1.54) is 6.92 Å². The van der Waals surface area contributed by atoms with Crippen molar-refractivity contribution in [2.45, 2.75) is 193 Å². The number of hydrogen-bond acceptors (Lipinski definition) is 13. The summed E-state index contributed by atoms with van der Waals surface area (Å²) in [5.41, 5.74) is 0. The van der Waals surface area contributed by atoms with Crippen molar-refractivity contribution in [3.8, 4) is 0 Å². The number of hydrogen-bond donors (Lipinski definition) is 1. The molecule has 0 saturated carbocycles. The standard InChI is InChI=1S/C53H95NO12S/c1-18-43-32(7)27(2)38(13)50(62-43)58-23-45-34(9)29(4)40(15)52(64-45)60-25-47-36(11)31(6)41(16)53(66-47)61-24-46-35(10)30(5)39(14)51(65-46)59-22-44-33(8)28(3)37(12)49(63-44)57-21-19-20-54-48(56)26-67-42(17)55/h27-41,43-47,49-53H,18-26H2,1-17H3,(H,54,56)/t27-,28-,29-,30-,31-,32-,33-,34-,35-,36-,37?,38?,39?,40?,41?,43?,44?,45?,46?,47?,49+,50+,51+,52+,53+/m0/s1. The van der Waals surface area contributed by atoms with Crippen LogP contribution in [0.25, 0.3) is 0 Å². The van der Waals surface area contributed by atoms with Crippen molar-refractivity contribution in [2.75, 3.05) is 45.3 Å². The zero-order valence-electron chi connectivity index (χ0n) is 44.6. The van der Waals surface area contributed by atoms with Crippen LogP contribution < -0.4 is 5.32 Å². The Hall–Kier alpha value is -0.910. The average molecular weight is 970 g/mol. The van der Waals surface area contributed by atoms with Crippen molar-refractivity contribution in [1.29, 1.82) is 0 Å². The molecule has 0 bridgehead atoms. The molecule has 5 aliphatic rings. The largest absolute Gasteiger partial charge is 0.355 e. The molecule has 5 heterocycles. The van der Waals surface area contributed by atoms with Gasteiger partial charge in [-0.1, -0.05) is 123 Å². The van der Waals surface area contributed by atoms with Crippen molar-refractivity contribution in [1.82, 2.24) is 5.32 Å². The van der Waals surface area contributed by atoms with E-state index in [0.29, 0.717) is 93.3 Å². The van der Waals surface area contributed by atoms with E-state index in [4.69, 9.17) is 47.4 Å². The fourth-order valence-corrected chi connectivity index (χ4v) is 11.5. The molecule has 5 fully saturated rings. The van der Waals surface area contributed by atoms with E-state index in [2.05, 4.69) is 116 Å². The Kier molecular flexibility index (Phi) is 22.3. The first-order chi connectivity index (χ1) is 31.7. The zero-order chi connectivity index (χ0) is 49.4. The van der Waals surface area contributed by atoms with Crippen molar-refractivity contribution in [3.63, 3.8) is 0 Å². The Morgan fingerprint density at radius 3 is 1.00 bits per heavy atom. The van der Waals surface area contributed by atoms with Gasteiger partial charge in [-0.15, -0.1) is 0 Å². The number of thioether (sulfide) groups is 1. The Morgan fingerprint density at radius 2 is 0.701 bits per heavy atom. The highest BCUT2D eigenvalue weighted by molar-refractivity contribution is 8.14. The number of amides is 1. The van der Waals surface area contributed by atoms with Gasteiger partial charge >= 0.3 is 0 Å². The zero-order valence-corrected chi connectivity index (χ0v) is 45.4. The van der Waals surface area contributed by atoms with Crippen LogP contribution >= 0.6 is 11.8 Å². The molecule has 5 aliphatic heterocycles.